The van der Waals surface area contributed by atoms with Crippen molar-refractivity contribution in [2.24, 2.45) is 10.2 Å². The van der Waals surface area contributed by atoms with Gasteiger partial charge >= 0.3 is 12.2 Å². The third-order valence-electron chi connectivity index (χ3n) is 0.941. The summed E-state index contributed by atoms with van der Waals surface area (Å²) in [6, 6.07) is 0. The highest BCUT2D eigenvalue weighted by atomic mass is 16.5. The van der Waals surface area contributed by atoms with E-state index >= 15 is 0 Å². The highest BCUT2D eigenvalue weighted by Crippen LogP contribution is 1.91. The predicted molar refractivity (Wildman–Crippen MR) is 39.1 cm³/mol. The minimum Gasteiger partial charge on any atom is -0.462 e. The number of rotatable bonds is 3. The van der Waals surface area contributed by atoms with Crippen LogP contribution in [0.15, 0.2) is 10.2 Å². The minimum absolute atomic E-state index is 0.244. The number of unbranched alkanes of at least 4 members (excludes halogenated alkanes) is 1. The van der Waals surface area contributed by atoms with E-state index in [0.29, 0.717) is 0 Å². The Balaban J connectivity index is 3.53. The van der Waals surface area contributed by atoms with Crippen LogP contribution in [-0.2, 0) is 4.74 Å². The Labute approximate surface area is 69.2 Å². The molecule has 0 unspecified atom stereocenters. The summed E-state index contributed by atoms with van der Waals surface area (Å²) in [4.78, 5) is 20.2. The van der Waals surface area contributed by atoms with Crippen molar-refractivity contribution in [3.8, 4) is 0 Å². The summed E-state index contributed by atoms with van der Waals surface area (Å²) in [5.74, 6) is 0. The quantitative estimate of drug-likeness (QED) is 0.523. The van der Waals surface area contributed by atoms with Gasteiger partial charge in [0.15, 0.2) is 0 Å². The average molecular weight is 174 g/mol. The number of carbonyl (C=O) groups is 2. The molecule has 0 aromatic carbocycles. The first-order valence-corrected chi connectivity index (χ1v) is 3.48. The Morgan fingerprint density at radius 3 is 2.58 bits per heavy atom. The van der Waals surface area contributed by atoms with E-state index in [9.17, 15) is 9.59 Å². The first kappa shape index (κ1) is 10.5. The number of carboxylic acid groups (broad SMARTS) is 1. The largest absolute Gasteiger partial charge is 0.462 e. The van der Waals surface area contributed by atoms with Crippen LogP contribution < -0.4 is 0 Å². The smallest absolute Gasteiger partial charge is 0.452 e. The van der Waals surface area contributed by atoms with Gasteiger partial charge in [0.1, 0.15) is 0 Å². The van der Waals surface area contributed by atoms with Gasteiger partial charge in [-0.2, -0.15) is 0 Å². The van der Waals surface area contributed by atoms with Crippen LogP contribution in [0.4, 0.5) is 9.59 Å². The van der Waals surface area contributed by atoms with Crippen molar-refractivity contribution in [1.82, 2.24) is 0 Å². The maximum absolute atomic E-state index is 10.5. The van der Waals surface area contributed by atoms with Crippen molar-refractivity contribution in [3.05, 3.63) is 0 Å². The molecule has 12 heavy (non-hydrogen) atoms. The SMILES string of the molecule is CCCCOC(=O)/N=N/C(=O)O. The van der Waals surface area contributed by atoms with Crippen LogP contribution in [0, 0.1) is 0 Å². The lowest BCUT2D eigenvalue weighted by molar-refractivity contribution is 0.152. The third kappa shape index (κ3) is 6.66. The fraction of sp³-hybridized carbons (Fsp3) is 0.667. The number of nitrogens with zero attached hydrogens (tertiary/aromatic N) is 2. The highest BCUT2D eigenvalue weighted by Gasteiger charge is 1.99. The van der Waals surface area contributed by atoms with Gasteiger partial charge in [0.25, 0.3) is 0 Å². The predicted octanol–water partition coefficient (Wildman–Crippen LogP) is 2.05. The van der Waals surface area contributed by atoms with Gasteiger partial charge in [-0.1, -0.05) is 23.6 Å². The van der Waals surface area contributed by atoms with Crippen LogP contribution in [0.25, 0.3) is 0 Å². The van der Waals surface area contributed by atoms with E-state index in [-0.39, 0.29) is 6.61 Å². The van der Waals surface area contributed by atoms with Crippen molar-refractivity contribution in [3.63, 3.8) is 0 Å². The highest BCUT2D eigenvalue weighted by molar-refractivity contribution is 5.71. The molecule has 2 amide bonds. The van der Waals surface area contributed by atoms with Crippen LogP contribution in [0.1, 0.15) is 19.8 Å². The third-order valence-corrected chi connectivity index (χ3v) is 0.941. The Morgan fingerprint density at radius 2 is 2.08 bits per heavy atom. The molecule has 0 aromatic heterocycles. The Morgan fingerprint density at radius 1 is 1.42 bits per heavy atom. The van der Waals surface area contributed by atoms with E-state index in [2.05, 4.69) is 15.0 Å². The summed E-state index contributed by atoms with van der Waals surface area (Å²) in [6.45, 7) is 2.18. The second kappa shape index (κ2) is 6.26. The molecule has 0 fully saturated rings. The van der Waals surface area contributed by atoms with E-state index in [0.717, 1.165) is 12.8 Å². The molecule has 0 saturated heterocycles. The zero-order chi connectivity index (χ0) is 9.40. The van der Waals surface area contributed by atoms with E-state index in [1.54, 1.807) is 0 Å². The Bertz CT molecular complexity index is 190. The zero-order valence-electron chi connectivity index (χ0n) is 6.69. The lowest BCUT2D eigenvalue weighted by atomic mass is 10.4. The molecule has 0 aliphatic carbocycles. The van der Waals surface area contributed by atoms with Crippen molar-refractivity contribution < 1.29 is 19.4 Å². The normalized spacial score (nSPS) is 10.1. The molecular formula is C6H10N2O4. The molecule has 0 aliphatic rings. The first-order chi connectivity index (χ1) is 5.66. The molecule has 68 valence electrons. The molecule has 0 bridgehead atoms. The van der Waals surface area contributed by atoms with Gasteiger partial charge in [0.05, 0.1) is 6.61 Å². The van der Waals surface area contributed by atoms with Crippen LogP contribution in [0.2, 0.25) is 0 Å². The molecule has 6 nitrogen and oxygen atoms in total. The summed E-state index contributed by atoms with van der Waals surface area (Å²) in [7, 11) is 0. The summed E-state index contributed by atoms with van der Waals surface area (Å²) in [5, 5.41) is 13.3. The fourth-order valence-corrected chi connectivity index (χ4v) is 0.416. The number of carbonyl (C=O) groups excluding carboxylic acids is 1. The van der Waals surface area contributed by atoms with E-state index < -0.39 is 12.2 Å². The Kier molecular flexibility index (Phi) is 5.50. The summed E-state index contributed by atoms with van der Waals surface area (Å²) < 4.78 is 4.47. The number of amides is 2. The van der Waals surface area contributed by atoms with E-state index in [1.165, 1.54) is 0 Å². The van der Waals surface area contributed by atoms with Crippen LogP contribution >= 0.6 is 0 Å². The van der Waals surface area contributed by atoms with Gasteiger partial charge in [-0.3, -0.25) is 0 Å². The van der Waals surface area contributed by atoms with Crippen molar-refractivity contribution in [1.29, 1.82) is 0 Å². The van der Waals surface area contributed by atoms with Crippen molar-refractivity contribution >= 4 is 12.2 Å². The number of azo groups is 1. The molecule has 0 spiro atoms. The monoisotopic (exact) mass is 174 g/mol. The minimum atomic E-state index is -1.51. The van der Waals surface area contributed by atoms with Crippen LogP contribution in [0.3, 0.4) is 0 Å². The van der Waals surface area contributed by atoms with Crippen molar-refractivity contribution in [2.75, 3.05) is 6.61 Å². The molecule has 0 atom stereocenters. The Hall–Kier alpha value is -1.46. The van der Waals surface area contributed by atoms with Gasteiger partial charge in [-0.15, -0.1) is 0 Å². The molecule has 0 aliphatic heterocycles. The second-order valence-corrected chi connectivity index (χ2v) is 1.95. The van der Waals surface area contributed by atoms with E-state index in [1.807, 2.05) is 6.92 Å². The molecule has 1 N–H and O–H groups in total. The number of hydrogen-bond acceptors (Lipinski definition) is 3. The first-order valence-electron chi connectivity index (χ1n) is 3.48. The standard InChI is InChI=1S/C6H10N2O4/c1-2-3-4-12-6(11)8-7-5(9)10/h2-4H2,1H3,(H,9,10)/b8-7+. The maximum Gasteiger partial charge on any atom is 0.452 e. The topological polar surface area (TPSA) is 88.3 Å². The molecule has 0 radical (unpaired) electrons. The van der Waals surface area contributed by atoms with Gasteiger partial charge in [-0.05, 0) is 6.42 Å². The lowest BCUT2D eigenvalue weighted by Gasteiger charge is -1.96. The second-order valence-electron chi connectivity index (χ2n) is 1.95. The zero-order valence-corrected chi connectivity index (χ0v) is 6.69. The molecule has 0 saturated carbocycles. The molecule has 0 aromatic rings. The van der Waals surface area contributed by atoms with E-state index in [4.69, 9.17) is 5.11 Å². The average Bonchev–Trinajstić information content (AvgIpc) is 2.01. The summed E-state index contributed by atoms with van der Waals surface area (Å²) in [6.07, 6.45) is -0.856. The van der Waals surface area contributed by atoms with Crippen LogP contribution in [0.5, 0.6) is 0 Å². The van der Waals surface area contributed by atoms with Gasteiger partial charge in [-0.25, -0.2) is 9.59 Å². The molecule has 0 heterocycles. The fourth-order valence-electron chi connectivity index (χ4n) is 0.416. The molecule has 6 heteroatoms. The molecule has 0 rings (SSSR count). The van der Waals surface area contributed by atoms with Gasteiger partial charge in [0.2, 0.25) is 0 Å². The lowest BCUT2D eigenvalue weighted by Crippen LogP contribution is -2.00. The van der Waals surface area contributed by atoms with Crippen molar-refractivity contribution in [2.45, 2.75) is 19.8 Å². The summed E-state index contributed by atoms with van der Waals surface area (Å²) >= 11 is 0. The number of hydrogen-bond donors (Lipinski definition) is 1. The molecular weight excluding hydrogens is 164 g/mol. The van der Waals surface area contributed by atoms with Gasteiger partial charge in [0, 0.05) is 0 Å². The summed E-state index contributed by atoms with van der Waals surface area (Å²) in [5.41, 5.74) is 0. The number of ether oxygens (including phenoxy) is 1. The van der Waals surface area contributed by atoms with Crippen LogP contribution in [-0.4, -0.2) is 23.9 Å². The maximum atomic E-state index is 10.5. The van der Waals surface area contributed by atoms with Gasteiger partial charge < -0.3 is 9.84 Å².